The summed E-state index contributed by atoms with van der Waals surface area (Å²) < 4.78 is 10.2. The first kappa shape index (κ1) is 19.0. The average Bonchev–Trinajstić information content (AvgIpc) is 3.20. The molecule has 3 aromatic rings. The van der Waals surface area contributed by atoms with Crippen molar-refractivity contribution in [3.63, 3.8) is 0 Å². The fourth-order valence-electron chi connectivity index (χ4n) is 2.66. The second kappa shape index (κ2) is 8.30. The fraction of sp³-hybridized carbons (Fsp3) is 0.211. The molecular weight excluding hydrogens is 364 g/mol. The van der Waals surface area contributed by atoms with Crippen LogP contribution in [0.3, 0.4) is 0 Å². The Hall–Kier alpha value is -3.75. The van der Waals surface area contributed by atoms with Gasteiger partial charge in [0.2, 0.25) is 11.7 Å². The zero-order valence-corrected chi connectivity index (χ0v) is 15.4. The summed E-state index contributed by atoms with van der Waals surface area (Å²) in [5, 5.41) is 15.1. The molecular formula is C19H18N4O5. The van der Waals surface area contributed by atoms with Gasteiger partial charge in [-0.3, -0.25) is 14.9 Å². The predicted octanol–water partition coefficient (Wildman–Crippen LogP) is 3.32. The van der Waals surface area contributed by atoms with Crippen molar-refractivity contribution >= 4 is 11.6 Å². The lowest BCUT2D eigenvalue weighted by atomic mass is 10.1. The molecule has 0 saturated heterocycles. The Balaban J connectivity index is 1.80. The maximum Gasteiger partial charge on any atom is 0.311 e. The standard InChI is InChI=1S/C19H18N4O5/c1-3-22(12-17-20-18(21-28-17)13-7-5-4-6-8-13)19(24)14-9-10-16(27-2)15(11-14)23(25)26/h4-11H,3,12H2,1-2H3. The molecule has 3 rings (SSSR count). The van der Waals surface area contributed by atoms with Crippen LogP contribution in [0.5, 0.6) is 5.75 Å². The van der Waals surface area contributed by atoms with Crippen molar-refractivity contribution in [2.45, 2.75) is 13.5 Å². The van der Waals surface area contributed by atoms with E-state index >= 15 is 0 Å². The lowest BCUT2D eigenvalue weighted by Crippen LogP contribution is -2.30. The van der Waals surface area contributed by atoms with Crippen molar-refractivity contribution in [1.82, 2.24) is 15.0 Å². The molecule has 0 aliphatic carbocycles. The van der Waals surface area contributed by atoms with E-state index in [9.17, 15) is 14.9 Å². The van der Waals surface area contributed by atoms with E-state index in [-0.39, 0.29) is 35.3 Å². The van der Waals surface area contributed by atoms with E-state index < -0.39 is 4.92 Å². The van der Waals surface area contributed by atoms with Crippen LogP contribution >= 0.6 is 0 Å². The van der Waals surface area contributed by atoms with E-state index in [1.54, 1.807) is 6.92 Å². The second-order valence-electron chi connectivity index (χ2n) is 5.84. The highest BCUT2D eigenvalue weighted by Crippen LogP contribution is 2.28. The number of hydrogen-bond donors (Lipinski definition) is 0. The third-order valence-corrected chi connectivity index (χ3v) is 4.12. The molecule has 0 aliphatic heterocycles. The van der Waals surface area contributed by atoms with Gasteiger partial charge in [0.25, 0.3) is 5.91 Å². The van der Waals surface area contributed by atoms with Gasteiger partial charge in [-0.2, -0.15) is 4.98 Å². The van der Waals surface area contributed by atoms with E-state index in [0.717, 1.165) is 5.56 Å². The first-order valence-electron chi connectivity index (χ1n) is 8.53. The zero-order chi connectivity index (χ0) is 20.1. The molecule has 0 aliphatic rings. The van der Waals surface area contributed by atoms with Gasteiger partial charge in [0.05, 0.1) is 12.0 Å². The van der Waals surface area contributed by atoms with Gasteiger partial charge in [-0.15, -0.1) is 0 Å². The van der Waals surface area contributed by atoms with Gasteiger partial charge < -0.3 is 14.2 Å². The van der Waals surface area contributed by atoms with E-state index in [0.29, 0.717) is 12.4 Å². The van der Waals surface area contributed by atoms with Crippen molar-refractivity contribution in [2.75, 3.05) is 13.7 Å². The van der Waals surface area contributed by atoms with Crippen LogP contribution in [0.25, 0.3) is 11.4 Å². The molecule has 9 heteroatoms. The van der Waals surface area contributed by atoms with E-state index in [2.05, 4.69) is 10.1 Å². The smallest absolute Gasteiger partial charge is 0.311 e. The van der Waals surface area contributed by atoms with Crippen LogP contribution in [0.15, 0.2) is 53.1 Å². The van der Waals surface area contributed by atoms with Crippen LogP contribution < -0.4 is 4.74 Å². The maximum atomic E-state index is 12.8. The number of amides is 1. The molecule has 28 heavy (non-hydrogen) atoms. The Kier molecular flexibility index (Phi) is 5.64. The number of nitrogens with zero attached hydrogens (tertiary/aromatic N) is 4. The quantitative estimate of drug-likeness (QED) is 0.455. The highest BCUT2D eigenvalue weighted by atomic mass is 16.6. The molecule has 0 radical (unpaired) electrons. The third-order valence-electron chi connectivity index (χ3n) is 4.12. The summed E-state index contributed by atoms with van der Waals surface area (Å²) in [6.07, 6.45) is 0. The predicted molar refractivity (Wildman–Crippen MR) is 99.8 cm³/mol. The number of nitro benzene ring substituents is 1. The minimum atomic E-state index is -0.587. The molecule has 1 amide bonds. The lowest BCUT2D eigenvalue weighted by Gasteiger charge is -2.18. The number of nitro groups is 1. The van der Waals surface area contributed by atoms with Crippen LogP contribution in [0.4, 0.5) is 5.69 Å². The van der Waals surface area contributed by atoms with Gasteiger partial charge >= 0.3 is 5.69 Å². The van der Waals surface area contributed by atoms with Crippen molar-refractivity contribution in [3.05, 3.63) is 70.1 Å². The Bertz CT molecular complexity index is 987. The molecule has 0 atom stereocenters. The summed E-state index contributed by atoms with van der Waals surface area (Å²) in [5.41, 5.74) is 0.711. The van der Waals surface area contributed by atoms with Gasteiger partial charge in [0, 0.05) is 23.7 Å². The van der Waals surface area contributed by atoms with Crippen molar-refractivity contribution < 1.29 is 19.0 Å². The van der Waals surface area contributed by atoms with Gasteiger partial charge in [0.15, 0.2) is 5.75 Å². The minimum Gasteiger partial charge on any atom is -0.490 e. The van der Waals surface area contributed by atoms with Crippen LogP contribution in [0, 0.1) is 10.1 Å². The van der Waals surface area contributed by atoms with E-state index in [4.69, 9.17) is 9.26 Å². The summed E-state index contributed by atoms with van der Waals surface area (Å²) in [6, 6.07) is 13.4. The maximum absolute atomic E-state index is 12.8. The molecule has 1 aromatic heterocycles. The minimum absolute atomic E-state index is 0.0917. The molecule has 2 aromatic carbocycles. The summed E-state index contributed by atoms with van der Waals surface area (Å²) >= 11 is 0. The van der Waals surface area contributed by atoms with E-state index in [1.807, 2.05) is 30.3 Å². The van der Waals surface area contributed by atoms with Gasteiger partial charge in [-0.05, 0) is 19.1 Å². The summed E-state index contributed by atoms with van der Waals surface area (Å²) in [4.78, 5) is 29.2. The third kappa shape index (κ3) is 3.98. The molecule has 1 heterocycles. The van der Waals surface area contributed by atoms with Crippen molar-refractivity contribution in [2.24, 2.45) is 0 Å². The lowest BCUT2D eigenvalue weighted by molar-refractivity contribution is -0.385. The Morgan fingerprint density at radius 3 is 2.64 bits per heavy atom. The Labute approximate surface area is 160 Å². The fourth-order valence-corrected chi connectivity index (χ4v) is 2.66. The largest absolute Gasteiger partial charge is 0.490 e. The number of carbonyl (C=O) groups excluding carboxylic acids is 1. The topological polar surface area (TPSA) is 112 Å². The van der Waals surface area contributed by atoms with E-state index in [1.165, 1.54) is 30.2 Å². The Morgan fingerprint density at radius 2 is 2.00 bits per heavy atom. The summed E-state index contributed by atoms with van der Waals surface area (Å²) in [5.74, 6) is 0.415. The molecule has 9 nitrogen and oxygen atoms in total. The molecule has 0 spiro atoms. The monoisotopic (exact) mass is 382 g/mol. The van der Waals surface area contributed by atoms with Gasteiger partial charge in [-0.25, -0.2) is 0 Å². The molecule has 0 fully saturated rings. The number of methoxy groups -OCH3 is 1. The highest BCUT2D eigenvalue weighted by molar-refractivity contribution is 5.95. The van der Waals surface area contributed by atoms with Crippen LogP contribution in [-0.4, -0.2) is 39.5 Å². The normalized spacial score (nSPS) is 10.5. The highest BCUT2D eigenvalue weighted by Gasteiger charge is 2.22. The van der Waals surface area contributed by atoms with Crippen molar-refractivity contribution in [1.29, 1.82) is 0 Å². The summed E-state index contributed by atoms with van der Waals surface area (Å²) in [6.45, 7) is 2.25. The molecule has 0 unspecified atom stereocenters. The van der Waals surface area contributed by atoms with Gasteiger partial charge in [0.1, 0.15) is 6.54 Å². The number of ether oxygens (including phenoxy) is 1. The summed E-state index contributed by atoms with van der Waals surface area (Å²) in [7, 11) is 1.34. The number of rotatable bonds is 7. The first-order valence-corrected chi connectivity index (χ1v) is 8.53. The Morgan fingerprint density at radius 1 is 1.25 bits per heavy atom. The van der Waals surface area contributed by atoms with Crippen LogP contribution in [-0.2, 0) is 6.54 Å². The molecule has 0 bridgehead atoms. The molecule has 0 saturated carbocycles. The number of aromatic nitrogens is 2. The second-order valence-corrected chi connectivity index (χ2v) is 5.84. The zero-order valence-electron chi connectivity index (χ0n) is 15.4. The van der Waals surface area contributed by atoms with Crippen LogP contribution in [0.2, 0.25) is 0 Å². The van der Waals surface area contributed by atoms with Gasteiger partial charge in [-0.1, -0.05) is 35.5 Å². The molecule has 144 valence electrons. The first-order chi connectivity index (χ1) is 13.5. The number of carbonyl (C=O) groups is 1. The number of hydrogen-bond acceptors (Lipinski definition) is 7. The van der Waals surface area contributed by atoms with Crippen LogP contribution in [0.1, 0.15) is 23.2 Å². The molecule has 0 N–H and O–H groups in total. The van der Waals surface area contributed by atoms with Crippen molar-refractivity contribution in [3.8, 4) is 17.1 Å². The average molecular weight is 382 g/mol. The SMILES string of the molecule is CCN(Cc1nc(-c2ccccc2)no1)C(=O)c1ccc(OC)c([N+](=O)[O-])c1. The number of benzene rings is 2.